The van der Waals surface area contributed by atoms with Crippen LogP contribution in [0.5, 0.6) is 0 Å². The summed E-state index contributed by atoms with van der Waals surface area (Å²) in [5.41, 5.74) is 0.256. The molecule has 0 saturated heterocycles. The minimum Gasteiger partial charge on any atom is -0.467 e. The molecule has 1 unspecified atom stereocenters. The summed E-state index contributed by atoms with van der Waals surface area (Å²) in [7, 11) is -3.37. The molecule has 19 heavy (non-hydrogen) atoms. The maximum atomic E-state index is 11.8. The first-order chi connectivity index (χ1) is 8.83. The van der Waals surface area contributed by atoms with Gasteiger partial charge in [-0.2, -0.15) is 8.42 Å². The Bertz CT molecular complexity index is 554. The van der Waals surface area contributed by atoms with E-state index in [1.807, 2.05) is 0 Å². The fourth-order valence-corrected chi connectivity index (χ4v) is 1.99. The van der Waals surface area contributed by atoms with Crippen molar-refractivity contribution in [3.63, 3.8) is 0 Å². The van der Waals surface area contributed by atoms with Gasteiger partial charge >= 0.3 is 5.97 Å². The molecule has 0 aliphatic rings. The molecule has 1 rings (SSSR count). The molecule has 8 heteroatoms. The predicted octanol–water partition coefficient (Wildman–Crippen LogP) is -0.154. The molecule has 0 radical (unpaired) electrons. The van der Waals surface area contributed by atoms with Crippen molar-refractivity contribution in [2.45, 2.75) is 6.04 Å². The SMILES string of the molecule is COC(=O)C(CS(=O)(=O)O)NC(=O)c1ccccc1. The van der Waals surface area contributed by atoms with E-state index in [0.29, 0.717) is 0 Å². The highest BCUT2D eigenvalue weighted by Gasteiger charge is 2.27. The van der Waals surface area contributed by atoms with E-state index in [0.717, 1.165) is 7.11 Å². The Balaban J connectivity index is 2.84. The highest BCUT2D eigenvalue weighted by atomic mass is 32.2. The predicted molar refractivity (Wildman–Crippen MR) is 66.1 cm³/mol. The lowest BCUT2D eigenvalue weighted by molar-refractivity contribution is -0.142. The lowest BCUT2D eigenvalue weighted by Gasteiger charge is -2.14. The first kappa shape index (κ1) is 15.1. The molecule has 0 spiro atoms. The van der Waals surface area contributed by atoms with Crippen LogP contribution in [0.25, 0.3) is 0 Å². The molecule has 0 aromatic heterocycles. The number of hydrogen-bond acceptors (Lipinski definition) is 5. The third kappa shape index (κ3) is 5.06. The van der Waals surface area contributed by atoms with Crippen LogP contribution in [0.4, 0.5) is 0 Å². The smallest absolute Gasteiger partial charge is 0.329 e. The number of esters is 1. The van der Waals surface area contributed by atoms with Crippen molar-refractivity contribution < 1.29 is 27.3 Å². The number of amides is 1. The minimum atomic E-state index is -4.42. The van der Waals surface area contributed by atoms with Crippen LogP contribution in [-0.2, 0) is 19.6 Å². The molecule has 0 bridgehead atoms. The van der Waals surface area contributed by atoms with E-state index in [1.165, 1.54) is 12.1 Å². The lowest BCUT2D eigenvalue weighted by Crippen LogP contribution is -2.45. The first-order valence-corrected chi connectivity index (χ1v) is 6.83. The molecule has 0 fully saturated rings. The van der Waals surface area contributed by atoms with Gasteiger partial charge in [0.25, 0.3) is 16.0 Å². The van der Waals surface area contributed by atoms with Crippen LogP contribution in [0, 0.1) is 0 Å². The van der Waals surface area contributed by atoms with Gasteiger partial charge in [0.1, 0.15) is 11.8 Å². The van der Waals surface area contributed by atoms with Crippen molar-refractivity contribution >= 4 is 22.0 Å². The van der Waals surface area contributed by atoms with E-state index in [-0.39, 0.29) is 5.56 Å². The molecule has 1 aromatic rings. The monoisotopic (exact) mass is 287 g/mol. The zero-order valence-corrected chi connectivity index (χ0v) is 10.9. The molecule has 1 amide bonds. The van der Waals surface area contributed by atoms with Crippen LogP contribution in [0.15, 0.2) is 30.3 Å². The van der Waals surface area contributed by atoms with Gasteiger partial charge in [-0.05, 0) is 12.1 Å². The second kappa shape index (κ2) is 6.30. The summed E-state index contributed by atoms with van der Waals surface area (Å²) in [6.45, 7) is 0. The summed E-state index contributed by atoms with van der Waals surface area (Å²) in [4.78, 5) is 23.1. The summed E-state index contributed by atoms with van der Waals surface area (Å²) in [6, 6.07) is 6.46. The Morgan fingerprint density at radius 2 is 1.89 bits per heavy atom. The van der Waals surface area contributed by atoms with E-state index in [4.69, 9.17) is 4.55 Å². The Morgan fingerprint density at radius 1 is 1.32 bits per heavy atom. The van der Waals surface area contributed by atoms with Crippen LogP contribution in [-0.4, -0.2) is 43.8 Å². The summed E-state index contributed by atoms with van der Waals surface area (Å²) in [5, 5.41) is 2.19. The molecule has 1 atom stereocenters. The number of carbonyl (C=O) groups is 2. The van der Waals surface area contributed by atoms with Crippen molar-refractivity contribution in [2.75, 3.05) is 12.9 Å². The fourth-order valence-electron chi connectivity index (χ4n) is 1.35. The standard InChI is InChI=1S/C11H13NO6S/c1-18-11(14)9(7-19(15,16)17)12-10(13)8-5-3-2-4-6-8/h2-6,9H,7H2,1H3,(H,12,13)(H,15,16,17). The molecule has 0 aliphatic heterocycles. The van der Waals surface area contributed by atoms with E-state index >= 15 is 0 Å². The maximum absolute atomic E-state index is 11.8. The van der Waals surface area contributed by atoms with Crippen LogP contribution in [0.1, 0.15) is 10.4 Å². The van der Waals surface area contributed by atoms with Gasteiger partial charge in [-0.25, -0.2) is 4.79 Å². The topological polar surface area (TPSA) is 110 Å². The highest BCUT2D eigenvalue weighted by molar-refractivity contribution is 7.85. The second-order valence-corrected chi connectivity index (χ2v) is 5.16. The van der Waals surface area contributed by atoms with Gasteiger partial charge in [0.2, 0.25) is 0 Å². The number of benzene rings is 1. The Hall–Kier alpha value is -1.93. The van der Waals surface area contributed by atoms with Crippen LogP contribution in [0.3, 0.4) is 0 Å². The first-order valence-electron chi connectivity index (χ1n) is 5.22. The van der Waals surface area contributed by atoms with Gasteiger partial charge in [0.15, 0.2) is 0 Å². The summed E-state index contributed by atoms with van der Waals surface area (Å²) in [5.74, 6) is -2.54. The zero-order chi connectivity index (χ0) is 14.5. The van der Waals surface area contributed by atoms with E-state index < -0.39 is 33.8 Å². The Kier molecular flexibility index (Phi) is 5.02. The van der Waals surface area contributed by atoms with E-state index in [2.05, 4.69) is 10.1 Å². The van der Waals surface area contributed by atoms with Crippen molar-refractivity contribution in [1.82, 2.24) is 5.32 Å². The van der Waals surface area contributed by atoms with Crippen molar-refractivity contribution in [2.24, 2.45) is 0 Å². The van der Waals surface area contributed by atoms with Crippen molar-refractivity contribution in [3.8, 4) is 0 Å². The maximum Gasteiger partial charge on any atom is 0.329 e. The van der Waals surface area contributed by atoms with Gasteiger partial charge < -0.3 is 10.1 Å². The normalized spacial score (nSPS) is 12.5. The largest absolute Gasteiger partial charge is 0.467 e. The van der Waals surface area contributed by atoms with Gasteiger partial charge in [-0.15, -0.1) is 0 Å². The van der Waals surface area contributed by atoms with Gasteiger partial charge in [0, 0.05) is 5.56 Å². The van der Waals surface area contributed by atoms with Gasteiger partial charge in [-0.3, -0.25) is 9.35 Å². The average molecular weight is 287 g/mol. The lowest BCUT2D eigenvalue weighted by atomic mass is 10.2. The van der Waals surface area contributed by atoms with E-state index in [1.54, 1.807) is 18.2 Å². The Labute approximate surface area is 110 Å². The Morgan fingerprint density at radius 3 is 2.37 bits per heavy atom. The van der Waals surface area contributed by atoms with Crippen molar-refractivity contribution in [1.29, 1.82) is 0 Å². The highest BCUT2D eigenvalue weighted by Crippen LogP contribution is 2.01. The zero-order valence-electron chi connectivity index (χ0n) is 10.1. The number of ether oxygens (including phenoxy) is 1. The molecular formula is C11H13NO6S. The number of methoxy groups -OCH3 is 1. The van der Waals surface area contributed by atoms with Gasteiger partial charge in [-0.1, -0.05) is 18.2 Å². The van der Waals surface area contributed by atoms with Crippen LogP contribution in [0.2, 0.25) is 0 Å². The number of carbonyl (C=O) groups excluding carboxylic acids is 2. The molecule has 0 saturated carbocycles. The summed E-state index contributed by atoms with van der Waals surface area (Å²) >= 11 is 0. The van der Waals surface area contributed by atoms with Gasteiger partial charge in [0.05, 0.1) is 7.11 Å². The molecule has 7 nitrogen and oxygen atoms in total. The summed E-state index contributed by atoms with van der Waals surface area (Å²) < 4.78 is 34.6. The average Bonchev–Trinajstić information content (AvgIpc) is 2.36. The molecule has 104 valence electrons. The molecular weight excluding hydrogens is 274 g/mol. The number of nitrogens with one attached hydrogen (secondary N) is 1. The molecule has 2 N–H and O–H groups in total. The molecule has 0 aliphatic carbocycles. The van der Waals surface area contributed by atoms with Crippen LogP contribution < -0.4 is 5.32 Å². The molecule has 0 heterocycles. The fraction of sp³-hybridized carbons (Fsp3) is 0.273. The van der Waals surface area contributed by atoms with Crippen molar-refractivity contribution in [3.05, 3.63) is 35.9 Å². The summed E-state index contributed by atoms with van der Waals surface area (Å²) in [6.07, 6.45) is 0. The number of hydrogen-bond donors (Lipinski definition) is 2. The third-order valence-electron chi connectivity index (χ3n) is 2.20. The third-order valence-corrected chi connectivity index (χ3v) is 2.96. The van der Waals surface area contributed by atoms with Crippen LogP contribution >= 0.6 is 0 Å². The van der Waals surface area contributed by atoms with E-state index in [9.17, 15) is 18.0 Å². The second-order valence-electron chi connectivity index (χ2n) is 3.66. The minimum absolute atomic E-state index is 0.256. The number of rotatable bonds is 5. The molecule has 1 aromatic carbocycles. The quantitative estimate of drug-likeness (QED) is 0.575.